The highest BCUT2D eigenvalue weighted by Gasteiger charge is 2.42. The van der Waals surface area contributed by atoms with Gasteiger partial charge in [-0.3, -0.25) is 14.4 Å². The number of pyridine rings is 1. The molecule has 0 saturated heterocycles. The average Bonchev–Trinajstić information content (AvgIpc) is 3.07. The number of hydrogen-bond donors (Lipinski definition) is 1. The van der Waals surface area contributed by atoms with Crippen molar-refractivity contribution in [1.29, 1.82) is 0 Å². The number of amides is 2. The summed E-state index contributed by atoms with van der Waals surface area (Å²) in [6.07, 6.45) is 6.31. The molecule has 0 unspecified atom stereocenters. The van der Waals surface area contributed by atoms with Crippen LogP contribution in [0.1, 0.15) is 73.0 Å². The van der Waals surface area contributed by atoms with Gasteiger partial charge in [-0.05, 0) is 30.1 Å². The number of carbonyl (C=O) groups excluding carboxylic acids is 2. The van der Waals surface area contributed by atoms with Gasteiger partial charge >= 0.3 is 0 Å². The number of benzene rings is 1. The van der Waals surface area contributed by atoms with E-state index in [2.05, 4.69) is 45.8 Å². The number of carbonyl (C=O) groups is 2. The van der Waals surface area contributed by atoms with E-state index in [0.717, 1.165) is 6.42 Å². The average molecular weight is 632 g/mol. The summed E-state index contributed by atoms with van der Waals surface area (Å²) >= 11 is 0. The zero-order valence-corrected chi connectivity index (χ0v) is 27.1. The van der Waals surface area contributed by atoms with Gasteiger partial charge in [0.05, 0.1) is 25.3 Å². The highest BCUT2D eigenvalue weighted by molar-refractivity contribution is 6.74. The number of allylic oxidation sites excluding steroid dienone is 1. The van der Waals surface area contributed by atoms with Crippen molar-refractivity contribution in [3.8, 4) is 5.75 Å². The number of hydrogen-bond acceptors (Lipinski definition) is 5. The van der Waals surface area contributed by atoms with Gasteiger partial charge < -0.3 is 23.9 Å². The molecule has 2 atom stereocenters. The van der Waals surface area contributed by atoms with E-state index in [1.165, 1.54) is 10.8 Å². The van der Waals surface area contributed by atoms with E-state index in [1.54, 1.807) is 4.90 Å². The molecule has 0 radical (unpaired) electrons. The van der Waals surface area contributed by atoms with E-state index in [-0.39, 0.29) is 41.8 Å². The number of ether oxygens (including phenoxy) is 1. The lowest BCUT2D eigenvalue weighted by Gasteiger charge is -2.41. The summed E-state index contributed by atoms with van der Waals surface area (Å²) in [6, 6.07) is 0.0646. The van der Waals surface area contributed by atoms with Crippen LogP contribution in [0.4, 0.5) is 13.2 Å². The number of nitrogens with one attached hydrogen (secondary N) is 1. The molecule has 2 aliphatic heterocycles. The second kappa shape index (κ2) is 12.8. The van der Waals surface area contributed by atoms with Crippen molar-refractivity contribution >= 4 is 20.1 Å². The van der Waals surface area contributed by atoms with Crippen molar-refractivity contribution in [1.82, 2.24) is 14.8 Å². The lowest BCUT2D eigenvalue weighted by atomic mass is 10.0. The maximum atomic E-state index is 14.2. The Morgan fingerprint density at radius 2 is 1.82 bits per heavy atom. The monoisotopic (exact) mass is 631 g/mol. The second-order valence-corrected chi connectivity index (χ2v) is 17.5. The van der Waals surface area contributed by atoms with Crippen LogP contribution in [0.15, 0.2) is 47.4 Å². The van der Waals surface area contributed by atoms with Crippen LogP contribution < -0.4 is 15.5 Å². The van der Waals surface area contributed by atoms with E-state index in [9.17, 15) is 27.6 Å². The highest BCUT2D eigenvalue weighted by atomic mass is 28.4. The van der Waals surface area contributed by atoms with Crippen LogP contribution in [-0.4, -0.2) is 55.4 Å². The fourth-order valence-electron chi connectivity index (χ4n) is 4.86. The van der Waals surface area contributed by atoms with Gasteiger partial charge in [-0.1, -0.05) is 52.8 Å². The first kappa shape index (κ1) is 33.3. The van der Waals surface area contributed by atoms with Crippen LogP contribution in [0.5, 0.6) is 5.75 Å². The topological polar surface area (TPSA) is 89.9 Å². The predicted molar refractivity (Wildman–Crippen MR) is 164 cm³/mol. The quantitative estimate of drug-likeness (QED) is 0.261. The first-order valence-corrected chi connectivity index (χ1v) is 17.6. The third-order valence-electron chi connectivity index (χ3n) is 8.66. The maximum Gasteiger partial charge on any atom is 0.275 e. The number of unbranched alkanes of at least 4 members (excludes halogenated alkanes) is 1. The summed E-state index contributed by atoms with van der Waals surface area (Å²) in [6.45, 7) is 16.8. The van der Waals surface area contributed by atoms with Gasteiger partial charge in [0.25, 0.3) is 11.8 Å². The molecule has 0 aliphatic carbocycles. The van der Waals surface area contributed by atoms with E-state index < -0.39 is 67.2 Å². The largest absolute Gasteiger partial charge is 0.487 e. The van der Waals surface area contributed by atoms with Gasteiger partial charge in [-0.15, -0.1) is 0 Å². The molecule has 8 nitrogen and oxygen atoms in total. The molecule has 1 aromatic carbocycles. The molecule has 2 aromatic rings. The predicted octanol–water partition coefficient (Wildman–Crippen LogP) is 5.89. The standard InChI is InChI=1S/C32H40F3N3O5Si/c1-8-9-12-42-29-27-31(41)37-17-26(19(2)10-11-21(37)18-43-44(6,7)32(3,4)5)38(27)16-23(28(29)39)30(40)36-15-22-24(34)13-20(33)14-25(22)35/h10-11,13-14,16,21,26H,2,8-9,12,15,17-18H2,1,3-7H3,(H,36,40)/t21-,26-/m1/s1. The minimum atomic E-state index is -2.15. The molecule has 238 valence electrons. The molecule has 2 aliphatic rings. The van der Waals surface area contributed by atoms with Crippen molar-refractivity contribution in [3.05, 3.63) is 87.1 Å². The Morgan fingerprint density at radius 1 is 1.16 bits per heavy atom. The minimum absolute atomic E-state index is 0.00305. The van der Waals surface area contributed by atoms with Gasteiger partial charge in [0.1, 0.15) is 23.0 Å². The first-order valence-electron chi connectivity index (χ1n) is 14.7. The van der Waals surface area contributed by atoms with E-state index in [0.29, 0.717) is 24.1 Å². The summed E-state index contributed by atoms with van der Waals surface area (Å²) in [5, 5.41) is 2.31. The fourth-order valence-corrected chi connectivity index (χ4v) is 5.88. The van der Waals surface area contributed by atoms with Crippen molar-refractivity contribution in [2.75, 3.05) is 19.8 Å². The van der Waals surface area contributed by atoms with Gasteiger partial charge in [0.2, 0.25) is 5.43 Å². The van der Waals surface area contributed by atoms with Crippen molar-refractivity contribution in [2.24, 2.45) is 0 Å². The normalized spacial score (nSPS) is 18.2. The van der Waals surface area contributed by atoms with Gasteiger partial charge in [0.15, 0.2) is 19.8 Å². The van der Waals surface area contributed by atoms with Crippen LogP contribution >= 0.6 is 0 Å². The summed E-state index contributed by atoms with van der Waals surface area (Å²) < 4.78 is 55.6. The Kier molecular flexibility index (Phi) is 9.65. The van der Waals surface area contributed by atoms with Crippen molar-refractivity contribution < 1.29 is 31.9 Å². The van der Waals surface area contributed by atoms with Gasteiger partial charge in [-0.25, -0.2) is 13.2 Å². The van der Waals surface area contributed by atoms with Crippen molar-refractivity contribution in [2.45, 2.75) is 77.3 Å². The van der Waals surface area contributed by atoms with Crippen LogP contribution in [-0.2, 0) is 11.0 Å². The molecule has 2 amide bonds. The van der Waals surface area contributed by atoms with Crippen LogP contribution in [0.25, 0.3) is 0 Å². The summed E-state index contributed by atoms with van der Waals surface area (Å²) in [5.74, 6) is -5.10. The lowest BCUT2D eigenvalue weighted by Crippen LogP contribution is -2.52. The lowest BCUT2D eigenvalue weighted by molar-refractivity contribution is 0.0571. The second-order valence-electron chi connectivity index (χ2n) is 12.7. The summed E-state index contributed by atoms with van der Waals surface area (Å²) in [4.78, 5) is 42.7. The molecule has 12 heteroatoms. The minimum Gasteiger partial charge on any atom is -0.487 e. The van der Waals surface area contributed by atoms with E-state index in [4.69, 9.17) is 9.16 Å². The maximum absolute atomic E-state index is 14.2. The SMILES string of the molecule is C=C1C=C[C@H](CO[Si](C)(C)C(C)(C)C)N2C[C@H]1n1cc(C(=O)NCc3c(F)cc(F)cc3F)c(=O)c(OCCCC)c1C2=O. The van der Waals surface area contributed by atoms with Crippen LogP contribution in [0.2, 0.25) is 18.1 Å². The molecule has 1 N–H and O–H groups in total. The molecule has 0 fully saturated rings. The summed E-state index contributed by atoms with van der Waals surface area (Å²) in [5.41, 5.74) is -1.12. The third-order valence-corrected chi connectivity index (χ3v) is 13.2. The molecule has 3 heterocycles. The number of aromatic nitrogens is 1. The Morgan fingerprint density at radius 3 is 2.43 bits per heavy atom. The fraction of sp³-hybridized carbons (Fsp3) is 0.469. The van der Waals surface area contributed by atoms with Crippen molar-refractivity contribution in [3.63, 3.8) is 0 Å². The Hall–Kier alpha value is -3.64. The molecular weight excluding hydrogens is 591 g/mol. The number of nitrogens with zero attached hydrogens (tertiary/aromatic N) is 2. The van der Waals surface area contributed by atoms with Gasteiger partial charge in [0, 0.05) is 37.0 Å². The van der Waals surface area contributed by atoms with Gasteiger partial charge in [-0.2, -0.15) is 0 Å². The van der Waals surface area contributed by atoms with E-state index >= 15 is 0 Å². The number of rotatable bonds is 10. The zero-order chi connectivity index (χ0) is 32.6. The molecule has 4 rings (SSSR count). The third kappa shape index (κ3) is 6.56. The first-order chi connectivity index (χ1) is 20.6. The molecule has 0 saturated carbocycles. The van der Waals surface area contributed by atoms with E-state index in [1.807, 2.05) is 19.1 Å². The molecule has 2 bridgehead atoms. The number of fused-ring (bicyclic) bond motifs is 4. The number of halogens is 3. The molecule has 1 aromatic heterocycles. The Balaban J connectivity index is 1.73. The van der Waals surface area contributed by atoms with Crippen LogP contribution in [0, 0.1) is 17.5 Å². The molecule has 0 spiro atoms. The smallest absolute Gasteiger partial charge is 0.275 e. The molecular formula is C32H40F3N3O5Si. The molecule has 44 heavy (non-hydrogen) atoms. The highest BCUT2D eigenvalue weighted by Crippen LogP contribution is 2.38. The zero-order valence-electron chi connectivity index (χ0n) is 26.1. The summed E-state index contributed by atoms with van der Waals surface area (Å²) in [7, 11) is -2.15. The Labute approximate surface area is 256 Å². The Bertz CT molecular complexity index is 1540. The van der Waals surface area contributed by atoms with Crippen LogP contribution in [0.3, 0.4) is 0 Å².